The molecule has 0 aliphatic heterocycles. The quantitative estimate of drug-likeness (QED) is 0.702. The van der Waals surface area contributed by atoms with E-state index in [1.165, 1.54) is 19.3 Å². The molecular formula is C17H40N2Si2. The van der Waals surface area contributed by atoms with Gasteiger partial charge in [0.1, 0.15) is 16.5 Å². The van der Waals surface area contributed by atoms with E-state index in [0.717, 1.165) is 11.1 Å². The van der Waals surface area contributed by atoms with Gasteiger partial charge in [0.25, 0.3) is 0 Å². The van der Waals surface area contributed by atoms with Crippen LogP contribution < -0.4 is 9.96 Å². The summed E-state index contributed by atoms with van der Waals surface area (Å²) in [6, 6.07) is 0. The fourth-order valence-corrected chi connectivity index (χ4v) is 12.5. The first-order chi connectivity index (χ1) is 9.12. The summed E-state index contributed by atoms with van der Waals surface area (Å²) in [5.41, 5.74) is 2.39. The average molecular weight is 329 g/mol. The molecule has 21 heavy (non-hydrogen) atoms. The van der Waals surface area contributed by atoms with Crippen LogP contribution >= 0.6 is 0 Å². The standard InChI is InChI=1S/C17H40N2Si2/c1-16(2,3)18-20(7,8)14-11-12-15(13-14)21(9,10)19-17(4,5)6/h14-15,18-19H,11-13H2,1-10H3. The number of rotatable bonds is 4. The first-order valence-corrected chi connectivity index (χ1v) is 14.9. The van der Waals surface area contributed by atoms with E-state index in [-0.39, 0.29) is 11.1 Å². The zero-order chi connectivity index (χ0) is 16.7. The van der Waals surface area contributed by atoms with E-state index in [1.54, 1.807) is 0 Å². The maximum absolute atomic E-state index is 3.99. The van der Waals surface area contributed by atoms with Gasteiger partial charge in [0.05, 0.1) is 0 Å². The summed E-state index contributed by atoms with van der Waals surface area (Å²) in [4.78, 5) is 7.98. The second-order valence-corrected chi connectivity index (χ2v) is 19.4. The smallest absolute Gasteiger partial charge is 0.122 e. The lowest BCUT2D eigenvalue weighted by Gasteiger charge is -2.40. The van der Waals surface area contributed by atoms with Crippen molar-refractivity contribution in [1.82, 2.24) is 9.96 Å². The molecule has 2 unspecified atom stereocenters. The van der Waals surface area contributed by atoms with Crippen LogP contribution in [0.5, 0.6) is 0 Å². The van der Waals surface area contributed by atoms with Crippen molar-refractivity contribution < 1.29 is 0 Å². The molecule has 1 rings (SSSR count). The van der Waals surface area contributed by atoms with Gasteiger partial charge in [-0.05, 0) is 59.0 Å². The van der Waals surface area contributed by atoms with Crippen molar-refractivity contribution in [2.75, 3.05) is 0 Å². The molecule has 0 amide bonds. The summed E-state index contributed by atoms with van der Waals surface area (Å²) in [6.07, 6.45) is 4.33. The van der Waals surface area contributed by atoms with Crippen molar-refractivity contribution in [1.29, 1.82) is 0 Å². The molecule has 0 aromatic heterocycles. The summed E-state index contributed by atoms with van der Waals surface area (Å²) < 4.78 is 0. The Balaban J connectivity index is 2.71. The molecule has 2 nitrogen and oxygen atoms in total. The molecule has 0 bridgehead atoms. The summed E-state index contributed by atoms with van der Waals surface area (Å²) in [7, 11) is -2.68. The van der Waals surface area contributed by atoms with Crippen molar-refractivity contribution in [3.63, 3.8) is 0 Å². The Morgan fingerprint density at radius 2 is 0.952 bits per heavy atom. The largest absolute Gasteiger partial charge is 0.332 e. The van der Waals surface area contributed by atoms with Gasteiger partial charge >= 0.3 is 0 Å². The van der Waals surface area contributed by atoms with Gasteiger partial charge in [-0.2, -0.15) is 0 Å². The first-order valence-electron chi connectivity index (χ1n) is 8.71. The highest BCUT2D eigenvalue weighted by Crippen LogP contribution is 2.48. The Morgan fingerprint density at radius 3 is 1.19 bits per heavy atom. The molecule has 0 spiro atoms. The van der Waals surface area contributed by atoms with E-state index >= 15 is 0 Å². The van der Waals surface area contributed by atoms with Crippen molar-refractivity contribution in [3.05, 3.63) is 0 Å². The van der Waals surface area contributed by atoms with Crippen LogP contribution in [0.3, 0.4) is 0 Å². The molecule has 0 heterocycles. The first kappa shape index (κ1) is 19.4. The van der Waals surface area contributed by atoms with Gasteiger partial charge in [-0.3, -0.25) is 0 Å². The van der Waals surface area contributed by atoms with Gasteiger partial charge < -0.3 is 9.96 Å². The minimum Gasteiger partial charge on any atom is -0.332 e. The van der Waals surface area contributed by atoms with Crippen LogP contribution in [0.15, 0.2) is 0 Å². The van der Waals surface area contributed by atoms with Crippen molar-refractivity contribution in [2.45, 2.75) is 109 Å². The van der Waals surface area contributed by atoms with E-state index in [0.29, 0.717) is 0 Å². The van der Waals surface area contributed by atoms with Gasteiger partial charge in [-0.1, -0.05) is 39.0 Å². The molecule has 0 radical (unpaired) electrons. The maximum Gasteiger partial charge on any atom is 0.122 e. The van der Waals surface area contributed by atoms with Crippen LogP contribution in [0.2, 0.25) is 37.3 Å². The lowest BCUT2D eigenvalue weighted by Crippen LogP contribution is -2.58. The Bertz CT molecular complexity index is 317. The topological polar surface area (TPSA) is 24.1 Å². The highest BCUT2D eigenvalue weighted by molar-refractivity contribution is 6.78. The van der Waals surface area contributed by atoms with Crippen molar-refractivity contribution in [3.8, 4) is 0 Å². The molecule has 126 valence electrons. The summed E-state index contributed by atoms with van der Waals surface area (Å²) in [5.74, 6) is 0. The molecule has 0 aromatic carbocycles. The number of nitrogens with one attached hydrogen (secondary N) is 2. The minimum absolute atomic E-state index is 0.254. The Hall–Kier alpha value is 0.354. The number of hydrogen-bond acceptors (Lipinski definition) is 2. The Labute approximate surface area is 136 Å². The van der Waals surface area contributed by atoms with E-state index in [1.807, 2.05) is 0 Å². The van der Waals surface area contributed by atoms with Gasteiger partial charge in [0.2, 0.25) is 0 Å². The normalized spacial score (nSPS) is 25.4. The highest BCUT2D eigenvalue weighted by Gasteiger charge is 2.45. The van der Waals surface area contributed by atoms with Gasteiger partial charge in [-0.15, -0.1) is 0 Å². The molecule has 0 saturated heterocycles. The van der Waals surface area contributed by atoms with Gasteiger partial charge in [-0.25, -0.2) is 0 Å². The lowest BCUT2D eigenvalue weighted by molar-refractivity contribution is 0.501. The van der Waals surface area contributed by atoms with Crippen LogP contribution in [0.25, 0.3) is 0 Å². The fourth-order valence-electron chi connectivity index (χ4n) is 4.43. The third-order valence-corrected chi connectivity index (χ3v) is 12.8. The fraction of sp³-hybridized carbons (Fsp3) is 1.00. The molecule has 1 fully saturated rings. The molecular weight excluding hydrogens is 288 g/mol. The predicted molar refractivity (Wildman–Crippen MR) is 102 cm³/mol. The molecule has 0 aromatic rings. The monoisotopic (exact) mass is 328 g/mol. The zero-order valence-corrected chi connectivity index (χ0v) is 18.3. The SMILES string of the molecule is CC(C)(C)N[Si](C)(C)C1CCC([Si](C)(C)NC(C)(C)C)C1. The van der Waals surface area contributed by atoms with Crippen LogP contribution in [-0.2, 0) is 0 Å². The van der Waals surface area contributed by atoms with Crippen LogP contribution in [-0.4, -0.2) is 27.5 Å². The van der Waals surface area contributed by atoms with Gasteiger partial charge in [0, 0.05) is 11.1 Å². The molecule has 1 aliphatic carbocycles. The number of hydrogen-bond donors (Lipinski definition) is 2. The molecule has 2 N–H and O–H groups in total. The predicted octanol–water partition coefficient (Wildman–Crippen LogP) is 5.10. The van der Waals surface area contributed by atoms with E-state index in [2.05, 4.69) is 77.7 Å². The molecule has 4 heteroatoms. The maximum atomic E-state index is 3.99. The second kappa shape index (κ2) is 6.10. The third-order valence-electron chi connectivity index (χ3n) is 4.87. The minimum atomic E-state index is -1.34. The van der Waals surface area contributed by atoms with Crippen molar-refractivity contribution in [2.24, 2.45) is 0 Å². The zero-order valence-electron chi connectivity index (χ0n) is 16.3. The lowest BCUT2D eigenvalue weighted by atomic mass is 10.1. The van der Waals surface area contributed by atoms with E-state index in [4.69, 9.17) is 0 Å². The van der Waals surface area contributed by atoms with Gasteiger partial charge in [0.15, 0.2) is 0 Å². The second-order valence-electron chi connectivity index (χ2n) is 10.4. The average Bonchev–Trinajstić information content (AvgIpc) is 2.57. The summed E-state index contributed by atoms with van der Waals surface area (Å²) >= 11 is 0. The van der Waals surface area contributed by atoms with E-state index < -0.39 is 16.5 Å². The Kier molecular flexibility index (Phi) is 5.64. The highest BCUT2D eigenvalue weighted by atomic mass is 28.3. The summed E-state index contributed by atoms with van der Waals surface area (Å²) in [5, 5.41) is 0. The van der Waals surface area contributed by atoms with E-state index in [9.17, 15) is 0 Å². The molecule has 1 aliphatic rings. The Morgan fingerprint density at radius 1 is 0.667 bits per heavy atom. The molecule has 1 saturated carbocycles. The van der Waals surface area contributed by atoms with Crippen LogP contribution in [0.4, 0.5) is 0 Å². The third kappa shape index (κ3) is 6.16. The van der Waals surface area contributed by atoms with Crippen LogP contribution in [0, 0.1) is 0 Å². The van der Waals surface area contributed by atoms with Crippen LogP contribution in [0.1, 0.15) is 60.8 Å². The summed E-state index contributed by atoms with van der Waals surface area (Å²) in [6.45, 7) is 24.0. The molecule has 2 atom stereocenters. The van der Waals surface area contributed by atoms with Crippen molar-refractivity contribution >= 4 is 16.5 Å².